The van der Waals surface area contributed by atoms with Gasteiger partial charge in [-0.3, -0.25) is 9.89 Å². The van der Waals surface area contributed by atoms with E-state index in [1.54, 1.807) is 0 Å². The Balaban J connectivity index is 1.44. The minimum atomic E-state index is -0.532. The summed E-state index contributed by atoms with van der Waals surface area (Å²) in [5, 5.41) is 10.5. The smallest absolute Gasteiger partial charge is 0.119 e. The fourth-order valence-corrected chi connectivity index (χ4v) is 3.75. The Bertz CT molecular complexity index is 878. The van der Waals surface area contributed by atoms with Crippen LogP contribution in [0.25, 0.3) is 0 Å². The summed E-state index contributed by atoms with van der Waals surface area (Å²) in [4.78, 5) is 6.71. The van der Waals surface area contributed by atoms with Gasteiger partial charge in [0, 0.05) is 19.6 Å². The molecule has 0 saturated heterocycles. The fourth-order valence-electron chi connectivity index (χ4n) is 3.75. The van der Waals surface area contributed by atoms with Crippen LogP contribution in [-0.4, -0.2) is 41.6 Å². The molecule has 1 atom stereocenters. The maximum Gasteiger partial charge on any atom is 0.119 e. The molecule has 1 unspecified atom stereocenters. The maximum absolute atomic E-state index is 10.5. The van der Waals surface area contributed by atoms with Gasteiger partial charge in [0.2, 0.25) is 0 Å². The van der Waals surface area contributed by atoms with Gasteiger partial charge in [-0.05, 0) is 47.7 Å². The summed E-state index contributed by atoms with van der Waals surface area (Å²) in [5.74, 6) is 1.29. The Labute approximate surface area is 186 Å². The lowest BCUT2D eigenvalue weighted by Crippen LogP contribution is -2.38. The van der Waals surface area contributed by atoms with Gasteiger partial charge >= 0.3 is 0 Å². The highest BCUT2D eigenvalue weighted by Crippen LogP contribution is 2.19. The maximum atomic E-state index is 10.5. The molecule has 2 aromatic carbocycles. The van der Waals surface area contributed by atoms with Gasteiger partial charge in [0.05, 0.1) is 6.54 Å². The molecule has 1 aliphatic heterocycles. The molecule has 5 heteroatoms. The van der Waals surface area contributed by atoms with Gasteiger partial charge in [-0.25, -0.2) is 0 Å². The van der Waals surface area contributed by atoms with Gasteiger partial charge in [-0.2, -0.15) is 0 Å². The molecule has 3 rings (SSSR count). The number of aliphatic hydroxyl groups excluding tert-OH is 1. The highest BCUT2D eigenvalue weighted by Gasteiger charge is 2.18. The van der Waals surface area contributed by atoms with Crippen molar-refractivity contribution in [1.29, 1.82) is 0 Å². The number of benzene rings is 2. The van der Waals surface area contributed by atoms with Gasteiger partial charge < -0.3 is 15.6 Å². The fraction of sp³-hybridized carbons (Fsp3) is 0.423. The van der Waals surface area contributed by atoms with Crippen LogP contribution in [0.1, 0.15) is 42.9 Å². The second-order valence-corrected chi connectivity index (χ2v) is 8.15. The first kappa shape index (κ1) is 23.0. The van der Waals surface area contributed by atoms with Crippen molar-refractivity contribution in [3.63, 3.8) is 0 Å². The number of rotatable bonds is 11. The van der Waals surface area contributed by atoms with E-state index >= 15 is 0 Å². The van der Waals surface area contributed by atoms with Crippen LogP contribution in [0.2, 0.25) is 0 Å². The van der Waals surface area contributed by atoms with E-state index in [1.807, 2.05) is 30.3 Å². The zero-order valence-corrected chi connectivity index (χ0v) is 18.5. The summed E-state index contributed by atoms with van der Waals surface area (Å²) in [5.41, 5.74) is 9.76. The normalized spacial score (nSPS) is 15.7. The monoisotopic (exact) mass is 421 g/mol. The van der Waals surface area contributed by atoms with Crippen LogP contribution in [0.3, 0.4) is 0 Å². The average molecular weight is 422 g/mol. The number of amidine groups is 1. The van der Waals surface area contributed by atoms with Gasteiger partial charge in [0.1, 0.15) is 24.3 Å². The number of aliphatic imine (C=N–C) groups is 1. The molecule has 0 fully saturated rings. The molecule has 0 radical (unpaired) electrons. The van der Waals surface area contributed by atoms with Crippen molar-refractivity contribution >= 4 is 5.84 Å². The molecule has 0 aliphatic carbocycles. The number of ether oxygens (including phenoxy) is 1. The predicted molar refractivity (Wildman–Crippen MR) is 127 cm³/mol. The van der Waals surface area contributed by atoms with E-state index in [-0.39, 0.29) is 6.61 Å². The van der Waals surface area contributed by atoms with Crippen LogP contribution in [-0.2, 0) is 19.5 Å². The summed E-state index contributed by atoms with van der Waals surface area (Å²) < 4.78 is 5.85. The Morgan fingerprint density at radius 3 is 2.90 bits per heavy atom. The van der Waals surface area contributed by atoms with E-state index in [2.05, 4.69) is 47.2 Å². The Morgan fingerprint density at radius 1 is 1.23 bits per heavy atom. The third-order valence-electron chi connectivity index (χ3n) is 5.48. The highest BCUT2D eigenvalue weighted by atomic mass is 16.5. The molecule has 0 aromatic heterocycles. The van der Waals surface area contributed by atoms with E-state index in [0.717, 1.165) is 37.2 Å². The van der Waals surface area contributed by atoms with Gasteiger partial charge in [0.15, 0.2) is 0 Å². The number of allylic oxidation sites excluding steroid dienone is 1. The molecule has 31 heavy (non-hydrogen) atoms. The molecule has 1 aliphatic rings. The van der Waals surface area contributed by atoms with E-state index in [0.29, 0.717) is 18.9 Å². The second-order valence-electron chi connectivity index (χ2n) is 8.15. The summed E-state index contributed by atoms with van der Waals surface area (Å²) in [7, 11) is 0. The Hall–Kier alpha value is -2.63. The average Bonchev–Trinajstić information content (AvgIpc) is 2.79. The Kier molecular flexibility index (Phi) is 9.13. The van der Waals surface area contributed by atoms with Crippen LogP contribution in [0.15, 0.2) is 65.7 Å². The standard InChI is InChI=1S/C26H35N3O2/c1-2-3-4-5-13-26(27)28-17-21-9-8-12-25(16-21)31-20-24(30)19-29-15-14-22-10-6-7-11-23(22)18-29/h5-13,16,24,30H,2-4,14-15,17-20H2,1H3,(H2,27,28). The summed E-state index contributed by atoms with van der Waals surface area (Å²) in [6.45, 7) is 5.42. The molecule has 0 saturated carbocycles. The van der Waals surface area contributed by atoms with Crippen molar-refractivity contribution in [3.05, 3.63) is 77.4 Å². The zero-order valence-electron chi connectivity index (χ0n) is 18.5. The van der Waals surface area contributed by atoms with Crippen molar-refractivity contribution in [2.24, 2.45) is 10.7 Å². The van der Waals surface area contributed by atoms with Crippen LogP contribution in [0, 0.1) is 0 Å². The molecule has 0 amide bonds. The van der Waals surface area contributed by atoms with E-state index < -0.39 is 6.10 Å². The van der Waals surface area contributed by atoms with Gasteiger partial charge in [0.25, 0.3) is 0 Å². The number of nitrogens with zero attached hydrogens (tertiary/aromatic N) is 2. The first-order valence-corrected chi connectivity index (χ1v) is 11.3. The number of nitrogens with two attached hydrogens (primary N) is 1. The zero-order chi connectivity index (χ0) is 21.9. The number of hydrogen-bond acceptors (Lipinski definition) is 4. The summed E-state index contributed by atoms with van der Waals surface area (Å²) in [6.07, 6.45) is 7.83. The predicted octanol–water partition coefficient (Wildman–Crippen LogP) is 4.09. The lowest BCUT2D eigenvalue weighted by atomic mass is 10.00. The van der Waals surface area contributed by atoms with Crippen LogP contribution in [0.4, 0.5) is 0 Å². The molecular weight excluding hydrogens is 386 g/mol. The third kappa shape index (κ3) is 7.85. The SMILES string of the molecule is CCCCC=CC(N)=NCc1cccc(OCC(O)CN2CCc3ccccc3C2)c1. The molecular formula is C26H35N3O2. The molecule has 1 heterocycles. The number of fused-ring (bicyclic) bond motifs is 1. The number of unbranched alkanes of at least 4 members (excludes halogenated alkanes) is 2. The van der Waals surface area contributed by atoms with Crippen molar-refractivity contribution in [2.75, 3.05) is 19.7 Å². The first-order valence-electron chi connectivity index (χ1n) is 11.3. The molecule has 5 nitrogen and oxygen atoms in total. The minimum absolute atomic E-state index is 0.271. The molecule has 0 bridgehead atoms. The topological polar surface area (TPSA) is 71.1 Å². The van der Waals surface area contributed by atoms with Gasteiger partial charge in [-0.1, -0.05) is 62.2 Å². The third-order valence-corrected chi connectivity index (χ3v) is 5.48. The molecule has 0 spiro atoms. The molecule has 166 valence electrons. The van der Waals surface area contributed by atoms with E-state index in [4.69, 9.17) is 10.5 Å². The second kappa shape index (κ2) is 12.3. The number of β-amino-alcohol motifs (C(OH)–C–C–N with tert-alkyl or cyclic N) is 1. The molecule has 3 N–H and O–H groups in total. The van der Waals surface area contributed by atoms with Crippen LogP contribution >= 0.6 is 0 Å². The number of aliphatic hydroxyl groups is 1. The van der Waals surface area contributed by atoms with Crippen molar-refractivity contribution in [1.82, 2.24) is 4.90 Å². The van der Waals surface area contributed by atoms with Crippen molar-refractivity contribution < 1.29 is 9.84 Å². The highest BCUT2D eigenvalue weighted by molar-refractivity contribution is 5.91. The lowest BCUT2D eigenvalue weighted by Gasteiger charge is -2.30. The molecule has 2 aromatic rings. The lowest BCUT2D eigenvalue weighted by molar-refractivity contribution is 0.0637. The van der Waals surface area contributed by atoms with Gasteiger partial charge in [-0.15, -0.1) is 0 Å². The van der Waals surface area contributed by atoms with Crippen molar-refractivity contribution in [2.45, 2.75) is 51.8 Å². The first-order chi connectivity index (χ1) is 15.1. The van der Waals surface area contributed by atoms with Crippen molar-refractivity contribution in [3.8, 4) is 5.75 Å². The van der Waals surface area contributed by atoms with E-state index in [9.17, 15) is 5.11 Å². The van der Waals surface area contributed by atoms with Crippen LogP contribution in [0.5, 0.6) is 5.75 Å². The Morgan fingerprint density at radius 2 is 2.06 bits per heavy atom. The number of hydrogen-bond donors (Lipinski definition) is 2. The van der Waals surface area contributed by atoms with Crippen LogP contribution < -0.4 is 10.5 Å². The van der Waals surface area contributed by atoms with E-state index in [1.165, 1.54) is 24.0 Å². The largest absolute Gasteiger partial charge is 0.491 e. The quantitative estimate of drug-likeness (QED) is 0.326. The summed E-state index contributed by atoms with van der Waals surface area (Å²) in [6, 6.07) is 16.4. The minimum Gasteiger partial charge on any atom is -0.491 e. The summed E-state index contributed by atoms with van der Waals surface area (Å²) >= 11 is 0.